The molecule has 22 nitrogen and oxygen atoms in total. The van der Waals surface area contributed by atoms with Crippen LogP contribution in [0.1, 0.15) is 79.1 Å². The SMILES string of the molecule is CC(C)C[C@H](NC(=O)[C@H](CC(=O)O)NC(=O)[C@@H]1CCCN1C(=O)CNC(=O)[C@@H](N)CCC(N)=O)C(=O)N[C@H](C(=O)N[C@@H](CCCN=C(N)N)C(=O)O)C(C)C. The van der Waals surface area contributed by atoms with Crippen LogP contribution in [0.4, 0.5) is 0 Å². The number of aliphatic carboxylic acids is 2. The number of primary amides is 1. The lowest BCUT2D eigenvalue weighted by molar-refractivity contribution is -0.143. The molecule has 1 aliphatic rings. The van der Waals surface area contributed by atoms with Crippen LogP contribution in [-0.4, -0.2) is 130 Å². The van der Waals surface area contributed by atoms with E-state index in [4.69, 9.17) is 22.9 Å². The molecule has 1 saturated heterocycles. The molecule has 0 aliphatic carbocycles. The molecule has 6 atom stereocenters. The van der Waals surface area contributed by atoms with E-state index in [0.29, 0.717) is 6.42 Å². The predicted molar refractivity (Wildman–Crippen MR) is 196 cm³/mol. The number of likely N-dealkylation sites (tertiary alicyclic amines) is 1. The highest BCUT2D eigenvalue weighted by Crippen LogP contribution is 2.18. The summed E-state index contributed by atoms with van der Waals surface area (Å²) >= 11 is 0. The van der Waals surface area contributed by atoms with Crippen molar-refractivity contribution in [2.24, 2.45) is 39.8 Å². The maximum Gasteiger partial charge on any atom is 0.326 e. The minimum absolute atomic E-state index is 0.0168. The number of hydrogen-bond donors (Lipinski definition) is 11. The molecule has 1 heterocycles. The van der Waals surface area contributed by atoms with Crippen molar-refractivity contribution in [1.29, 1.82) is 0 Å². The van der Waals surface area contributed by atoms with Crippen LogP contribution in [0.2, 0.25) is 0 Å². The Morgan fingerprint density at radius 1 is 0.800 bits per heavy atom. The molecule has 0 unspecified atom stereocenters. The molecular weight excluding hydrogens is 726 g/mol. The van der Waals surface area contributed by atoms with E-state index in [2.05, 4.69) is 31.6 Å². The molecule has 0 bridgehead atoms. The second kappa shape index (κ2) is 23.3. The van der Waals surface area contributed by atoms with Crippen molar-refractivity contribution >= 4 is 59.2 Å². The topological polar surface area (TPSA) is 374 Å². The van der Waals surface area contributed by atoms with Crippen LogP contribution in [0.25, 0.3) is 0 Å². The van der Waals surface area contributed by atoms with E-state index in [1.165, 1.54) is 4.90 Å². The number of rotatable bonds is 24. The fraction of sp³-hybridized carbons (Fsp3) is 0.697. The summed E-state index contributed by atoms with van der Waals surface area (Å²) in [7, 11) is 0. The lowest BCUT2D eigenvalue weighted by atomic mass is 9.99. The number of carbonyl (C=O) groups is 9. The largest absolute Gasteiger partial charge is 0.481 e. The summed E-state index contributed by atoms with van der Waals surface area (Å²) in [6.45, 7) is 6.45. The van der Waals surface area contributed by atoms with Crippen molar-refractivity contribution in [3.63, 3.8) is 0 Å². The molecule has 0 aromatic heterocycles. The zero-order chi connectivity index (χ0) is 42.0. The zero-order valence-electron chi connectivity index (χ0n) is 31.7. The number of guanidine groups is 1. The van der Waals surface area contributed by atoms with Crippen molar-refractivity contribution in [2.75, 3.05) is 19.6 Å². The highest BCUT2D eigenvalue weighted by Gasteiger charge is 2.38. The third-order valence-corrected chi connectivity index (χ3v) is 8.49. The van der Waals surface area contributed by atoms with Crippen molar-refractivity contribution in [3.8, 4) is 0 Å². The Hall–Kier alpha value is -5.54. The molecule has 0 radical (unpaired) electrons. The summed E-state index contributed by atoms with van der Waals surface area (Å²) in [6.07, 6.45) is -0.265. The molecule has 1 rings (SSSR count). The van der Waals surface area contributed by atoms with Gasteiger partial charge in [0.1, 0.15) is 30.2 Å². The predicted octanol–water partition coefficient (Wildman–Crippen LogP) is -4.06. The van der Waals surface area contributed by atoms with Gasteiger partial charge in [0, 0.05) is 19.5 Å². The maximum atomic E-state index is 13.6. The van der Waals surface area contributed by atoms with Gasteiger partial charge in [0.2, 0.25) is 41.4 Å². The Bertz CT molecular complexity index is 1440. The summed E-state index contributed by atoms with van der Waals surface area (Å²) in [5.41, 5.74) is 21.4. The van der Waals surface area contributed by atoms with Crippen LogP contribution in [0, 0.1) is 11.8 Å². The number of nitrogens with two attached hydrogens (primary N) is 4. The van der Waals surface area contributed by atoms with Crippen LogP contribution >= 0.6 is 0 Å². The van der Waals surface area contributed by atoms with Crippen molar-refractivity contribution in [1.82, 2.24) is 31.5 Å². The number of carboxylic acids is 2. The second-order valence-electron chi connectivity index (χ2n) is 14.0. The van der Waals surface area contributed by atoms with Gasteiger partial charge >= 0.3 is 11.9 Å². The first kappa shape index (κ1) is 47.5. The molecule has 0 spiro atoms. The molecule has 7 amide bonds. The quantitative estimate of drug-likeness (QED) is 0.0252. The van der Waals surface area contributed by atoms with E-state index in [-0.39, 0.29) is 63.5 Å². The third kappa shape index (κ3) is 17.4. The Morgan fingerprint density at radius 2 is 1.42 bits per heavy atom. The average molecular weight is 784 g/mol. The van der Waals surface area contributed by atoms with Gasteiger partial charge in [-0.05, 0) is 50.4 Å². The van der Waals surface area contributed by atoms with Crippen molar-refractivity contribution in [3.05, 3.63) is 0 Å². The second-order valence-corrected chi connectivity index (χ2v) is 14.0. The van der Waals surface area contributed by atoms with E-state index in [9.17, 15) is 53.4 Å². The van der Waals surface area contributed by atoms with Gasteiger partial charge in [0.05, 0.1) is 19.0 Å². The van der Waals surface area contributed by atoms with E-state index in [1.54, 1.807) is 27.7 Å². The van der Waals surface area contributed by atoms with Gasteiger partial charge < -0.3 is 64.6 Å². The normalized spacial score (nSPS) is 16.5. The van der Waals surface area contributed by atoms with E-state index in [1.807, 2.05) is 0 Å². The van der Waals surface area contributed by atoms with Gasteiger partial charge in [0.15, 0.2) is 5.96 Å². The number of carboxylic acid groups (broad SMARTS) is 2. The Balaban J connectivity index is 3.07. The monoisotopic (exact) mass is 783 g/mol. The van der Waals surface area contributed by atoms with Gasteiger partial charge in [-0.2, -0.15) is 0 Å². The molecule has 0 aromatic carbocycles. The molecule has 1 aliphatic heterocycles. The fourth-order valence-electron chi connectivity index (χ4n) is 5.60. The van der Waals surface area contributed by atoms with Crippen LogP contribution in [0.15, 0.2) is 4.99 Å². The summed E-state index contributed by atoms with van der Waals surface area (Å²) < 4.78 is 0. The Kier molecular flexibility index (Phi) is 20.1. The van der Waals surface area contributed by atoms with Crippen molar-refractivity contribution < 1.29 is 53.4 Å². The number of aliphatic imine (C=N–C) groups is 1. The Labute approximate surface area is 318 Å². The minimum Gasteiger partial charge on any atom is -0.481 e. The smallest absolute Gasteiger partial charge is 0.326 e. The van der Waals surface area contributed by atoms with E-state index in [0.717, 1.165) is 0 Å². The molecule has 0 aromatic rings. The first-order valence-electron chi connectivity index (χ1n) is 18.0. The number of amides is 7. The van der Waals surface area contributed by atoms with Gasteiger partial charge in [-0.1, -0.05) is 27.7 Å². The molecule has 0 saturated carbocycles. The highest BCUT2D eigenvalue weighted by atomic mass is 16.4. The lowest BCUT2D eigenvalue weighted by Gasteiger charge is -2.29. The molecule has 310 valence electrons. The highest BCUT2D eigenvalue weighted by molar-refractivity contribution is 5.97. The third-order valence-electron chi connectivity index (χ3n) is 8.49. The Morgan fingerprint density at radius 3 is 1.96 bits per heavy atom. The molecule has 1 fully saturated rings. The van der Waals surface area contributed by atoms with Gasteiger partial charge in [-0.3, -0.25) is 43.3 Å². The standard InChI is InChI=1S/C33H57N11O11/c1-16(2)13-20(29(51)43-26(17(3)4)31(53)40-19(32(54)55)7-5-11-38-33(36)37)41-28(50)21(14-25(47)48)42-30(52)22-8-6-12-44(22)24(46)15-39-27(49)18(34)9-10-23(35)45/h16-22,26H,5-15,34H2,1-4H3,(H2,35,45)(H,39,49)(H,40,53)(H,41,50)(H,42,52)(H,43,51)(H,47,48)(H,54,55)(H4,36,37,38)/t18-,19-,20-,21-,22-,26-/m0/s1. The number of nitrogens with zero attached hydrogens (tertiary/aromatic N) is 2. The number of carbonyl (C=O) groups excluding carboxylic acids is 7. The van der Waals surface area contributed by atoms with Gasteiger partial charge in [-0.25, -0.2) is 4.79 Å². The van der Waals surface area contributed by atoms with E-state index < -0.39 is 108 Å². The first-order valence-corrected chi connectivity index (χ1v) is 18.0. The average Bonchev–Trinajstić information content (AvgIpc) is 3.58. The number of nitrogens with one attached hydrogen (secondary N) is 5. The summed E-state index contributed by atoms with van der Waals surface area (Å²) in [5, 5.41) is 31.4. The lowest BCUT2D eigenvalue weighted by Crippen LogP contribution is -2.60. The maximum absolute atomic E-state index is 13.6. The fourth-order valence-corrected chi connectivity index (χ4v) is 5.60. The van der Waals surface area contributed by atoms with Crippen LogP contribution in [-0.2, 0) is 43.2 Å². The number of hydrogen-bond acceptors (Lipinski definition) is 11. The van der Waals surface area contributed by atoms with Gasteiger partial charge in [-0.15, -0.1) is 0 Å². The van der Waals surface area contributed by atoms with Crippen LogP contribution in [0.3, 0.4) is 0 Å². The first-order chi connectivity index (χ1) is 25.6. The summed E-state index contributed by atoms with van der Waals surface area (Å²) in [5.74, 6) is -9.20. The summed E-state index contributed by atoms with van der Waals surface area (Å²) in [6, 6.07) is -7.78. The summed E-state index contributed by atoms with van der Waals surface area (Å²) in [4.78, 5) is 118. The van der Waals surface area contributed by atoms with Gasteiger partial charge in [0.25, 0.3) is 0 Å². The molecule has 22 heteroatoms. The van der Waals surface area contributed by atoms with Crippen LogP contribution < -0.4 is 49.5 Å². The zero-order valence-corrected chi connectivity index (χ0v) is 31.7. The molecular formula is C33H57N11O11. The molecule has 15 N–H and O–H groups in total. The van der Waals surface area contributed by atoms with E-state index >= 15 is 0 Å². The van der Waals surface area contributed by atoms with Crippen molar-refractivity contribution in [2.45, 2.75) is 115 Å². The van der Waals surface area contributed by atoms with Crippen LogP contribution in [0.5, 0.6) is 0 Å². The molecule has 55 heavy (non-hydrogen) atoms. The minimum atomic E-state index is -1.69.